The van der Waals surface area contributed by atoms with Crippen LogP contribution in [0.25, 0.3) is 0 Å². The van der Waals surface area contributed by atoms with Gasteiger partial charge in [-0.3, -0.25) is 14.7 Å². The first-order valence-electron chi connectivity index (χ1n) is 9.33. The van der Waals surface area contributed by atoms with E-state index in [9.17, 15) is 4.79 Å². The number of ether oxygens (including phenoxy) is 2. The molecule has 29 heavy (non-hydrogen) atoms. The highest BCUT2D eigenvalue weighted by atomic mass is 127. The predicted octanol–water partition coefficient (Wildman–Crippen LogP) is 1.42. The second kappa shape index (κ2) is 13.8. The van der Waals surface area contributed by atoms with Gasteiger partial charge >= 0.3 is 0 Å². The van der Waals surface area contributed by atoms with E-state index in [0.717, 1.165) is 43.5 Å². The molecule has 8 nitrogen and oxygen atoms in total. The van der Waals surface area contributed by atoms with Gasteiger partial charge in [-0.15, -0.1) is 24.0 Å². The minimum absolute atomic E-state index is 0. The van der Waals surface area contributed by atoms with E-state index in [-0.39, 0.29) is 29.9 Å². The fraction of sp³-hybridized carbons (Fsp3) is 0.579. The van der Waals surface area contributed by atoms with Gasteiger partial charge in [0.25, 0.3) is 0 Å². The molecule has 0 atom stereocenters. The normalized spacial score (nSPS) is 14.9. The number of benzene rings is 1. The van der Waals surface area contributed by atoms with Crippen molar-refractivity contribution in [2.75, 3.05) is 67.1 Å². The minimum atomic E-state index is 0. The van der Waals surface area contributed by atoms with Gasteiger partial charge in [0.2, 0.25) is 5.91 Å². The van der Waals surface area contributed by atoms with Crippen molar-refractivity contribution < 1.29 is 14.3 Å². The number of aliphatic imine (C=N–C) groups is 1. The van der Waals surface area contributed by atoms with E-state index in [1.807, 2.05) is 12.1 Å². The number of nitrogens with zero attached hydrogens (tertiary/aromatic N) is 3. The number of guanidine groups is 1. The lowest BCUT2D eigenvalue weighted by molar-refractivity contribution is -0.122. The molecule has 0 unspecified atom stereocenters. The molecule has 0 spiro atoms. The molecule has 2 rings (SSSR count). The summed E-state index contributed by atoms with van der Waals surface area (Å²) in [5.74, 6) is 1.61. The van der Waals surface area contributed by atoms with Crippen LogP contribution in [0.1, 0.15) is 5.56 Å². The van der Waals surface area contributed by atoms with E-state index in [4.69, 9.17) is 21.1 Å². The summed E-state index contributed by atoms with van der Waals surface area (Å²) in [6.45, 7) is 5.30. The monoisotopic (exact) mass is 539 g/mol. The van der Waals surface area contributed by atoms with Gasteiger partial charge in [0.05, 0.1) is 20.3 Å². The van der Waals surface area contributed by atoms with Gasteiger partial charge in [0.1, 0.15) is 5.75 Å². The van der Waals surface area contributed by atoms with Gasteiger partial charge < -0.3 is 25.0 Å². The summed E-state index contributed by atoms with van der Waals surface area (Å²) in [4.78, 5) is 20.7. The van der Waals surface area contributed by atoms with E-state index < -0.39 is 0 Å². The average Bonchev–Trinajstić information content (AvgIpc) is 2.70. The van der Waals surface area contributed by atoms with Crippen LogP contribution >= 0.6 is 35.6 Å². The maximum absolute atomic E-state index is 11.9. The molecule has 1 heterocycles. The summed E-state index contributed by atoms with van der Waals surface area (Å²) in [6, 6.07) is 5.60. The van der Waals surface area contributed by atoms with Crippen molar-refractivity contribution in [2.24, 2.45) is 4.99 Å². The third-order valence-corrected chi connectivity index (χ3v) is 4.80. The Morgan fingerprint density at radius 1 is 1.21 bits per heavy atom. The maximum Gasteiger partial charge on any atom is 0.234 e. The van der Waals surface area contributed by atoms with E-state index in [2.05, 4.69) is 25.4 Å². The summed E-state index contributed by atoms with van der Waals surface area (Å²) in [5, 5.41) is 6.88. The van der Waals surface area contributed by atoms with Gasteiger partial charge in [-0.25, -0.2) is 0 Å². The molecule has 0 radical (unpaired) electrons. The number of amides is 1. The highest BCUT2D eigenvalue weighted by molar-refractivity contribution is 14.0. The van der Waals surface area contributed by atoms with Crippen molar-refractivity contribution in [1.29, 1.82) is 0 Å². The van der Waals surface area contributed by atoms with Gasteiger partial charge in [0, 0.05) is 64.0 Å². The molecule has 0 saturated carbocycles. The average molecular weight is 540 g/mol. The lowest BCUT2D eigenvalue weighted by Gasteiger charge is -2.36. The molecule has 0 aliphatic carbocycles. The van der Waals surface area contributed by atoms with Crippen LogP contribution in [0.4, 0.5) is 0 Å². The second-order valence-corrected chi connectivity index (χ2v) is 6.90. The Labute approximate surface area is 195 Å². The van der Waals surface area contributed by atoms with Crippen LogP contribution in [0, 0.1) is 0 Å². The molecule has 2 N–H and O–H groups in total. The molecule has 10 heteroatoms. The van der Waals surface area contributed by atoms with Crippen LogP contribution in [0.2, 0.25) is 5.02 Å². The van der Waals surface area contributed by atoms with Crippen LogP contribution in [0.5, 0.6) is 5.75 Å². The molecule has 1 aromatic rings. The number of rotatable bonds is 8. The van der Waals surface area contributed by atoms with Crippen LogP contribution in [0.3, 0.4) is 0 Å². The zero-order valence-electron chi connectivity index (χ0n) is 17.2. The highest BCUT2D eigenvalue weighted by Crippen LogP contribution is 2.22. The van der Waals surface area contributed by atoms with E-state index in [0.29, 0.717) is 31.3 Å². The molecule has 1 amide bonds. The Hall–Kier alpha value is -1.30. The van der Waals surface area contributed by atoms with Crippen molar-refractivity contribution >= 4 is 47.4 Å². The van der Waals surface area contributed by atoms with Gasteiger partial charge in [-0.2, -0.15) is 0 Å². The summed E-state index contributed by atoms with van der Waals surface area (Å²) >= 11 is 6.02. The second-order valence-electron chi connectivity index (χ2n) is 6.46. The molecule has 164 valence electrons. The molecule has 1 saturated heterocycles. The lowest BCUT2D eigenvalue weighted by Crippen LogP contribution is -2.54. The molecule has 1 aliphatic heterocycles. The minimum Gasteiger partial charge on any atom is -0.496 e. The van der Waals surface area contributed by atoms with Crippen molar-refractivity contribution in [3.63, 3.8) is 0 Å². The van der Waals surface area contributed by atoms with Gasteiger partial charge in [0.15, 0.2) is 5.96 Å². The fourth-order valence-electron chi connectivity index (χ4n) is 3.04. The number of carbonyl (C=O) groups is 1. The quantitative estimate of drug-likeness (QED) is 0.225. The van der Waals surface area contributed by atoms with Crippen LogP contribution in [-0.2, 0) is 16.1 Å². The Morgan fingerprint density at radius 3 is 2.55 bits per heavy atom. The summed E-state index contributed by atoms with van der Waals surface area (Å²) in [6.07, 6.45) is 0. The number of hydrogen-bond donors (Lipinski definition) is 2. The molecule has 0 bridgehead atoms. The highest BCUT2D eigenvalue weighted by Gasteiger charge is 2.21. The maximum atomic E-state index is 11.9. The first-order valence-corrected chi connectivity index (χ1v) is 9.71. The van der Waals surface area contributed by atoms with Crippen LogP contribution in [0.15, 0.2) is 23.2 Å². The van der Waals surface area contributed by atoms with E-state index in [1.165, 1.54) is 0 Å². The smallest absolute Gasteiger partial charge is 0.234 e. The first-order chi connectivity index (χ1) is 13.6. The Balaban J connectivity index is 0.00000420. The zero-order chi connectivity index (χ0) is 20.4. The van der Waals surface area contributed by atoms with E-state index in [1.54, 1.807) is 27.3 Å². The number of nitrogens with one attached hydrogen (secondary N) is 2. The van der Waals surface area contributed by atoms with Crippen molar-refractivity contribution in [1.82, 2.24) is 20.4 Å². The predicted molar refractivity (Wildman–Crippen MR) is 127 cm³/mol. The number of carbonyl (C=O) groups excluding carboxylic acids is 1. The van der Waals surface area contributed by atoms with Crippen LogP contribution in [-0.4, -0.2) is 88.8 Å². The standard InChI is InChI=1S/C19H30ClN5O3.HI/c1-21-19(23-13-15-4-5-16(20)12-17(15)28-3)25-9-7-24(8-10-25)14-18(26)22-6-11-27-2;/h4-5,12H,6-11,13-14H2,1-3H3,(H,21,23)(H,22,26);1H. The molecule has 1 aromatic carbocycles. The van der Waals surface area contributed by atoms with Gasteiger partial charge in [-0.1, -0.05) is 17.7 Å². The largest absolute Gasteiger partial charge is 0.496 e. The SMILES string of the molecule is CN=C(NCc1ccc(Cl)cc1OC)N1CCN(CC(=O)NCCOC)CC1.I. The third kappa shape index (κ3) is 8.53. The topological polar surface area (TPSA) is 78.4 Å². The number of methoxy groups -OCH3 is 2. The number of halogens is 2. The van der Waals surface area contributed by atoms with Crippen molar-refractivity contribution in [3.8, 4) is 5.75 Å². The van der Waals surface area contributed by atoms with Crippen LogP contribution < -0.4 is 15.4 Å². The lowest BCUT2D eigenvalue weighted by atomic mass is 10.2. The Bertz CT molecular complexity index is 669. The molecular weight excluding hydrogens is 509 g/mol. The molecule has 1 fully saturated rings. The zero-order valence-corrected chi connectivity index (χ0v) is 20.3. The van der Waals surface area contributed by atoms with Crippen molar-refractivity contribution in [3.05, 3.63) is 28.8 Å². The van der Waals surface area contributed by atoms with E-state index >= 15 is 0 Å². The number of hydrogen-bond acceptors (Lipinski definition) is 5. The summed E-state index contributed by atoms with van der Waals surface area (Å²) < 4.78 is 10.3. The Kier molecular flexibility index (Phi) is 12.3. The molecule has 0 aromatic heterocycles. The fourth-order valence-corrected chi connectivity index (χ4v) is 3.20. The first kappa shape index (κ1) is 25.7. The third-order valence-electron chi connectivity index (χ3n) is 4.57. The summed E-state index contributed by atoms with van der Waals surface area (Å²) in [7, 11) is 5.03. The van der Waals surface area contributed by atoms with Gasteiger partial charge in [-0.05, 0) is 12.1 Å². The molecule has 1 aliphatic rings. The number of piperazine rings is 1. The summed E-state index contributed by atoms with van der Waals surface area (Å²) in [5.41, 5.74) is 1.01. The Morgan fingerprint density at radius 2 is 1.93 bits per heavy atom. The van der Waals surface area contributed by atoms with Crippen molar-refractivity contribution in [2.45, 2.75) is 6.54 Å². The molecular formula is C19H31ClIN5O3.